The number of carbonyl (C=O) groups is 2. The van der Waals surface area contributed by atoms with Crippen molar-refractivity contribution in [1.82, 2.24) is 5.32 Å². The lowest BCUT2D eigenvalue weighted by atomic mass is 10.1. The van der Waals surface area contributed by atoms with E-state index in [0.717, 1.165) is 6.42 Å². The van der Waals surface area contributed by atoms with Crippen molar-refractivity contribution in [3.63, 3.8) is 0 Å². The van der Waals surface area contributed by atoms with Crippen molar-refractivity contribution in [3.8, 4) is 0 Å². The van der Waals surface area contributed by atoms with Crippen molar-refractivity contribution < 1.29 is 14.7 Å². The molecular formula is C16H25N3O3. The lowest BCUT2D eigenvalue weighted by Crippen LogP contribution is -2.38. The minimum atomic E-state index is -0.306. The number of amides is 3. The normalized spacial score (nSPS) is 11.9. The molecule has 0 bridgehead atoms. The molecule has 0 spiro atoms. The first-order chi connectivity index (χ1) is 10.5. The Morgan fingerprint density at radius 2 is 1.64 bits per heavy atom. The Balaban J connectivity index is 2.53. The molecule has 1 rings (SSSR count). The number of carbonyl (C=O) groups excluding carboxylic acids is 2. The highest BCUT2D eigenvalue weighted by Crippen LogP contribution is 2.14. The van der Waals surface area contributed by atoms with Crippen molar-refractivity contribution in [2.45, 2.75) is 39.7 Å². The third kappa shape index (κ3) is 6.13. The monoisotopic (exact) mass is 307 g/mol. The van der Waals surface area contributed by atoms with E-state index < -0.39 is 0 Å². The van der Waals surface area contributed by atoms with Crippen molar-refractivity contribution >= 4 is 23.3 Å². The quantitative estimate of drug-likeness (QED) is 0.624. The van der Waals surface area contributed by atoms with Crippen LogP contribution in [0.15, 0.2) is 24.3 Å². The zero-order valence-electron chi connectivity index (χ0n) is 13.3. The summed E-state index contributed by atoms with van der Waals surface area (Å²) in [4.78, 5) is 23.4. The van der Waals surface area contributed by atoms with Gasteiger partial charge in [0, 0.05) is 29.9 Å². The number of hydrogen-bond donors (Lipinski definition) is 4. The number of anilines is 2. The lowest BCUT2D eigenvalue weighted by molar-refractivity contribution is -0.118. The minimum absolute atomic E-state index is 0.0447. The molecule has 4 N–H and O–H groups in total. The summed E-state index contributed by atoms with van der Waals surface area (Å²) in [5.41, 5.74) is 1.33. The number of aliphatic hydroxyl groups is 1. The first kappa shape index (κ1) is 18.0. The molecular weight excluding hydrogens is 282 g/mol. The van der Waals surface area contributed by atoms with E-state index >= 15 is 0 Å². The number of aliphatic hydroxyl groups excluding tert-OH is 1. The SMILES string of the molecule is CCC(CCO)NC(=O)Nc1ccc(NC(=O)C(C)C)cc1. The van der Waals surface area contributed by atoms with E-state index in [2.05, 4.69) is 16.0 Å². The zero-order valence-corrected chi connectivity index (χ0v) is 13.3. The molecule has 6 nitrogen and oxygen atoms in total. The Kier molecular flexibility index (Phi) is 7.39. The van der Waals surface area contributed by atoms with Crippen LogP contribution in [-0.2, 0) is 4.79 Å². The van der Waals surface area contributed by atoms with Gasteiger partial charge >= 0.3 is 6.03 Å². The second kappa shape index (κ2) is 9.04. The summed E-state index contributed by atoms with van der Waals surface area (Å²) in [7, 11) is 0. The highest BCUT2D eigenvalue weighted by Gasteiger charge is 2.10. The Bertz CT molecular complexity index is 486. The summed E-state index contributed by atoms with van der Waals surface area (Å²) in [6.45, 7) is 5.65. The lowest BCUT2D eigenvalue weighted by Gasteiger charge is -2.16. The summed E-state index contributed by atoms with van der Waals surface area (Å²) in [5.74, 6) is -0.130. The number of urea groups is 1. The van der Waals surface area contributed by atoms with E-state index in [4.69, 9.17) is 5.11 Å². The maximum atomic E-state index is 11.8. The Morgan fingerprint density at radius 1 is 1.09 bits per heavy atom. The third-order valence-corrected chi connectivity index (χ3v) is 3.24. The van der Waals surface area contributed by atoms with Crippen molar-refractivity contribution in [1.29, 1.82) is 0 Å². The molecule has 6 heteroatoms. The first-order valence-corrected chi connectivity index (χ1v) is 7.55. The van der Waals surface area contributed by atoms with Gasteiger partial charge in [0.1, 0.15) is 0 Å². The molecule has 0 aliphatic heterocycles. The largest absolute Gasteiger partial charge is 0.396 e. The fourth-order valence-electron chi connectivity index (χ4n) is 1.81. The van der Waals surface area contributed by atoms with Gasteiger partial charge in [0.15, 0.2) is 0 Å². The van der Waals surface area contributed by atoms with Gasteiger partial charge < -0.3 is 21.1 Å². The van der Waals surface area contributed by atoms with E-state index in [1.807, 2.05) is 20.8 Å². The number of hydrogen-bond acceptors (Lipinski definition) is 3. The molecule has 0 aromatic heterocycles. The summed E-state index contributed by atoms with van der Waals surface area (Å²) >= 11 is 0. The van der Waals surface area contributed by atoms with E-state index in [1.54, 1.807) is 24.3 Å². The number of rotatable bonds is 7. The average molecular weight is 307 g/mol. The van der Waals surface area contributed by atoms with Crippen LogP contribution in [0.1, 0.15) is 33.6 Å². The fraction of sp³-hybridized carbons (Fsp3) is 0.500. The Morgan fingerprint density at radius 3 is 2.09 bits per heavy atom. The van der Waals surface area contributed by atoms with Crippen molar-refractivity contribution in [2.75, 3.05) is 17.2 Å². The standard InChI is InChI=1S/C16H25N3O3/c1-4-12(9-10-20)18-16(22)19-14-7-5-13(6-8-14)17-15(21)11(2)3/h5-8,11-12,20H,4,9-10H2,1-3H3,(H,17,21)(H2,18,19,22). The summed E-state index contributed by atoms with van der Waals surface area (Å²) in [5, 5.41) is 17.2. The van der Waals surface area contributed by atoms with Gasteiger partial charge in [-0.15, -0.1) is 0 Å². The van der Waals surface area contributed by atoms with Crippen LogP contribution in [0.3, 0.4) is 0 Å². The van der Waals surface area contributed by atoms with Crippen molar-refractivity contribution in [3.05, 3.63) is 24.3 Å². The van der Waals surface area contributed by atoms with Crippen molar-refractivity contribution in [2.24, 2.45) is 5.92 Å². The van der Waals surface area contributed by atoms with E-state index in [0.29, 0.717) is 17.8 Å². The molecule has 1 unspecified atom stereocenters. The van der Waals surface area contributed by atoms with Crippen LogP contribution in [-0.4, -0.2) is 29.7 Å². The molecule has 0 radical (unpaired) electrons. The van der Waals surface area contributed by atoms with Crippen LogP contribution in [0.25, 0.3) is 0 Å². The van der Waals surface area contributed by atoms with E-state index in [-0.39, 0.29) is 30.5 Å². The number of nitrogens with one attached hydrogen (secondary N) is 3. The molecule has 0 saturated heterocycles. The predicted molar refractivity (Wildman–Crippen MR) is 87.8 cm³/mol. The molecule has 1 atom stereocenters. The van der Waals surface area contributed by atoms with Gasteiger partial charge in [-0.2, -0.15) is 0 Å². The molecule has 0 aliphatic rings. The highest BCUT2D eigenvalue weighted by molar-refractivity contribution is 5.93. The highest BCUT2D eigenvalue weighted by atomic mass is 16.3. The molecule has 122 valence electrons. The third-order valence-electron chi connectivity index (χ3n) is 3.24. The van der Waals surface area contributed by atoms with E-state index in [1.165, 1.54) is 0 Å². The summed E-state index contributed by atoms with van der Waals surface area (Å²) < 4.78 is 0. The van der Waals surface area contributed by atoms with Crippen LogP contribution in [0.2, 0.25) is 0 Å². The maximum absolute atomic E-state index is 11.8. The van der Waals surface area contributed by atoms with Gasteiger partial charge in [-0.3, -0.25) is 4.79 Å². The van der Waals surface area contributed by atoms with Crippen LogP contribution in [0.5, 0.6) is 0 Å². The van der Waals surface area contributed by atoms with Crippen LogP contribution >= 0.6 is 0 Å². The Labute approximate surface area is 131 Å². The topological polar surface area (TPSA) is 90.5 Å². The van der Waals surface area contributed by atoms with Gasteiger partial charge in [-0.25, -0.2) is 4.79 Å². The maximum Gasteiger partial charge on any atom is 0.319 e. The van der Waals surface area contributed by atoms with Crippen LogP contribution < -0.4 is 16.0 Å². The molecule has 0 fully saturated rings. The van der Waals surface area contributed by atoms with Gasteiger partial charge in [-0.05, 0) is 37.1 Å². The number of benzene rings is 1. The molecule has 1 aromatic carbocycles. The smallest absolute Gasteiger partial charge is 0.319 e. The molecule has 1 aromatic rings. The molecule has 0 aliphatic carbocycles. The molecule has 0 heterocycles. The molecule has 0 saturated carbocycles. The first-order valence-electron chi connectivity index (χ1n) is 7.55. The minimum Gasteiger partial charge on any atom is -0.396 e. The zero-order chi connectivity index (χ0) is 16.5. The molecule has 22 heavy (non-hydrogen) atoms. The second-order valence-corrected chi connectivity index (χ2v) is 5.44. The predicted octanol–water partition coefficient (Wildman–Crippen LogP) is 2.56. The van der Waals surface area contributed by atoms with Gasteiger partial charge in [0.2, 0.25) is 5.91 Å². The average Bonchev–Trinajstić information content (AvgIpc) is 2.48. The fourth-order valence-corrected chi connectivity index (χ4v) is 1.81. The van der Waals surface area contributed by atoms with Gasteiger partial charge in [0.05, 0.1) is 0 Å². The summed E-state index contributed by atoms with van der Waals surface area (Å²) in [6.07, 6.45) is 1.29. The van der Waals surface area contributed by atoms with Crippen LogP contribution in [0.4, 0.5) is 16.2 Å². The second-order valence-electron chi connectivity index (χ2n) is 5.44. The van der Waals surface area contributed by atoms with E-state index in [9.17, 15) is 9.59 Å². The summed E-state index contributed by atoms with van der Waals surface area (Å²) in [6, 6.07) is 6.57. The van der Waals surface area contributed by atoms with Gasteiger partial charge in [-0.1, -0.05) is 20.8 Å². The van der Waals surface area contributed by atoms with Crippen LogP contribution in [0, 0.1) is 5.92 Å². The molecule has 3 amide bonds. The Hall–Kier alpha value is -2.08. The van der Waals surface area contributed by atoms with Gasteiger partial charge in [0.25, 0.3) is 0 Å².